The van der Waals surface area contributed by atoms with E-state index >= 15 is 0 Å². The van der Waals surface area contributed by atoms with Gasteiger partial charge in [-0.3, -0.25) is 4.79 Å². The van der Waals surface area contributed by atoms with Gasteiger partial charge in [-0.05, 0) is 74.4 Å². The molecule has 1 saturated carbocycles. The summed E-state index contributed by atoms with van der Waals surface area (Å²) in [6.45, 7) is 3.56. The standard InChI is InChI=1S/C28H37N5O2/c1-4-5-18-35-23-16-12-21(13-17-23)27(34)29-19-20-10-14-22(15-11-20)30-28-31-25-9-7-6-8-24(25)26(32-28)33(2)3/h6-9,12-13,16-17,20,22H,4-5,10-11,14-15,18-19H2,1-3H3,(H,29,34)(H,30,31,32)/t20-,22+. The summed E-state index contributed by atoms with van der Waals surface area (Å²) in [6, 6.07) is 15.9. The number of nitrogens with zero attached hydrogens (tertiary/aromatic N) is 3. The lowest BCUT2D eigenvalue weighted by Gasteiger charge is -2.29. The van der Waals surface area contributed by atoms with E-state index in [1.165, 1.54) is 0 Å². The normalized spacial score (nSPS) is 17.7. The predicted molar refractivity (Wildman–Crippen MR) is 142 cm³/mol. The van der Waals surface area contributed by atoms with Crippen molar-refractivity contribution in [2.75, 3.05) is 37.5 Å². The number of para-hydroxylation sites is 1. The van der Waals surface area contributed by atoms with Gasteiger partial charge >= 0.3 is 0 Å². The van der Waals surface area contributed by atoms with Crippen molar-refractivity contribution < 1.29 is 9.53 Å². The van der Waals surface area contributed by atoms with Crippen molar-refractivity contribution in [1.82, 2.24) is 15.3 Å². The maximum Gasteiger partial charge on any atom is 0.251 e. The van der Waals surface area contributed by atoms with Crippen LogP contribution >= 0.6 is 0 Å². The highest BCUT2D eigenvalue weighted by Gasteiger charge is 2.23. The van der Waals surface area contributed by atoms with E-state index in [0.29, 0.717) is 36.6 Å². The summed E-state index contributed by atoms with van der Waals surface area (Å²) in [5.41, 5.74) is 1.62. The highest BCUT2D eigenvalue weighted by molar-refractivity contribution is 5.94. The van der Waals surface area contributed by atoms with Gasteiger partial charge in [0.15, 0.2) is 0 Å². The van der Waals surface area contributed by atoms with Gasteiger partial charge in [0.25, 0.3) is 5.91 Å². The first-order valence-corrected chi connectivity index (χ1v) is 12.7. The zero-order valence-electron chi connectivity index (χ0n) is 21.1. The maximum absolute atomic E-state index is 12.6. The van der Waals surface area contributed by atoms with Gasteiger partial charge in [-0.15, -0.1) is 0 Å². The SMILES string of the molecule is CCCCOc1ccc(C(=O)NC[C@H]2CC[C@@H](Nc3nc(N(C)C)c4ccccc4n3)CC2)cc1. The summed E-state index contributed by atoms with van der Waals surface area (Å²) in [5, 5.41) is 7.73. The van der Waals surface area contributed by atoms with Crippen LogP contribution in [0.15, 0.2) is 48.5 Å². The van der Waals surface area contributed by atoms with E-state index in [2.05, 4.69) is 23.6 Å². The lowest BCUT2D eigenvalue weighted by Crippen LogP contribution is -2.34. The van der Waals surface area contributed by atoms with Crippen molar-refractivity contribution in [2.24, 2.45) is 5.92 Å². The fourth-order valence-corrected chi connectivity index (χ4v) is 4.53. The Morgan fingerprint density at radius 3 is 2.49 bits per heavy atom. The second kappa shape index (κ2) is 11.9. The Labute approximate surface area is 208 Å². The number of ether oxygens (including phenoxy) is 1. The fraction of sp³-hybridized carbons (Fsp3) is 0.464. The van der Waals surface area contributed by atoms with Gasteiger partial charge in [0.05, 0.1) is 12.1 Å². The Bertz CT molecular complexity index is 1110. The minimum Gasteiger partial charge on any atom is -0.494 e. The molecule has 7 heteroatoms. The molecule has 3 aromatic rings. The first kappa shape index (κ1) is 24.8. The minimum atomic E-state index is -0.0221. The average molecular weight is 476 g/mol. The van der Waals surface area contributed by atoms with Gasteiger partial charge in [-0.1, -0.05) is 25.5 Å². The highest BCUT2D eigenvalue weighted by Crippen LogP contribution is 2.28. The molecule has 1 heterocycles. The number of nitrogens with one attached hydrogen (secondary N) is 2. The van der Waals surface area contributed by atoms with Gasteiger partial charge in [0.2, 0.25) is 5.95 Å². The Kier molecular flexibility index (Phi) is 8.40. The number of fused-ring (bicyclic) bond motifs is 1. The van der Waals surface area contributed by atoms with Gasteiger partial charge in [-0.2, -0.15) is 4.98 Å². The summed E-state index contributed by atoms with van der Waals surface area (Å²) in [4.78, 5) is 24.1. The lowest BCUT2D eigenvalue weighted by atomic mass is 9.86. The summed E-state index contributed by atoms with van der Waals surface area (Å²) >= 11 is 0. The highest BCUT2D eigenvalue weighted by atomic mass is 16.5. The summed E-state index contributed by atoms with van der Waals surface area (Å²) in [5.74, 6) is 2.89. The van der Waals surface area contributed by atoms with E-state index in [-0.39, 0.29) is 5.91 Å². The Morgan fingerprint density at radius 1 is 1.03 bits per heavy atom. The molecule has 7 nitrogen and oxygen atoms in total. The van der Waals surface area contributed by atoms with Crippen molar-refractivity contribution in [3.63, 3.8) is 0 Å². The monoisotopic (exact) mass is 475 g/mol. The second-order valence-electron chi connectivity index (χ2n) is 9.58. The molecular formula is C28H37N5O2. The van der Waals surface area contributed by atoms with Crippen LogP contribution in [0.4, 0.5) is 11.8 Å². The van der Waals surface area contributed by atoms with Crippen LogP contribution in [-0.2, 0) is 0 Å². The van der Waals surface area contributed by atoms with E-state index in [0.717, 1.165) is 61.0 Å². The molecule has 1 amide bonds. The molecule has 0 atom stereocenters. The number of rotatable bonds is 10. The van der Waals surface area contributed by atoms with Crippen LogP contribution in [0.25, 0.3) is 10.9 Å². The summed E-state index contributed by atoms with van der Waals surface area (Å²) < 4.78 is 5.68. The smallest absolute Gasteiger partial charge is 0.251 e. The number of benzene rings is 2. The second-order valence-corrected chi connectivity index (χ2v) is 9.58. The molecule has 2 aromatic carbocycles. The number of hydrogen-bond acceptors (Lipinski definition) is 6. The van der Waals surface area contributed by atoms with Crippen LogP contribution in [0.3, 0.4) is 0 Å². The third kappa shape index (κ3) is 6.62. The molecule has 35 heavy (non-hydrogen) atoms. The molecule has 0 radical (unpaired) electrons. The number of hydrogen-bond donors (Lipinski definition) is 2. The van der Waals surface area contributed by atoms with Gasteiger partial charge < -0.3 is 20.3 Å². The lowest BCUT2D eigenvalue weighted by molar-refractivity contribution is 0.0943. The maximum atomic E-state index is 12.6. The van der Waals surface area contributed by atoms with Crippen molar-refractivity contribution in [3.8, 4) is 5.75 Å². The molecule has 186 valence electrons. The number of carbonyl (C=O) groups is 1. The van der Waals surface area contributed by atoms with E-state index in [4.69, 9.17) is 14.7 Å². The van der Waals surface area contributed by atoms with E-state index in [1.807, 2.05) is 61.5 Å². The van der Waals surface area contributed by atoms with Crippen LogP contribution in [0, 0.1) is 5.92 Å². The third-order valence-electron chi connectivity index (χ3n) is 6.62. The molecule has 1 fully saturated rings. The molecule has 0 aliphatic heterocycles. The molecule has 1 aromatic heterocycles. The average Bonchev–Trinajstić information content (AvgIpc) is 2.88. The van der Waals surface area contributed by atoms with Crippen molar-refractivity contribution >= 4 is 28.6 Å². The Morgan fingerprint density at radius 2 is 1.77 bits per heavy atom. The summed E-state index contributed by atoms with van der Waals surface area (Å²) in [7, 11) is 4.02. The molecular weight excluding hydrogens is 438 g/mol. The largest absolute Gasteiger partial charge is 0.494 e. The molecule has 0 bridgehead atoms. The van der Waals surface area contributed by atoms with Crippen LogP contribution in [-0.4, -0.2) is 49.2 Å². The molecule has 1 aliphatic carbocycles. The number of aromatic nitrogens is 2. The van der Waals surface area contributed by atoms with Crippen molar-refractivity contribution in [2.45, 2.75) is 51.5 Å². The van der Waals surface area contributed by atoms with Crippen LogP contribution < -0.4 is 20.3 Å². The third-order valence-corrected chi connectivity index (χ3v) is 6.62. The number of unbranched alkanes of at least 4 members (excludes halogenated alkanes) is 1. The quantitative estimate of drug-likeness (QED) is 0.389. The molecule has 2 N–H and O–H groups in total. The fourth-order valence-electron chi connectivity index (χ4n) is 4.53. The van der Waals surface area contributed by atoms with Gasteiger partial charge in [0.1, 0.15) is 11.6 Å². The number of anilines is 2. The minimum absolute atomic E-state index is 0.0221. The molecule has 0 unspecified atom stereocenters. The van der Waals surface area contributed by atoms with Crippen molar-refractivity contribution in [1.29, 1.82) is 0 Å². The molecule has 0 spiro atoms. The van der Waals surface area contributed by atoms with Crippen molar-refractivity contribution in [3.05, 3.63) is 54.1 Å². The Hall–Kier alpha value is -3.35. The Balaban J connectivity index is 1.25. The van der Waals surface area contributed by atoms with Gasteiger partial charge in [0, 0.05) is 37.6 Å². The van der Waals surface area contributed by atoms with Crippen LogP contribution in [0.2, 0.25) is 0 Å². The molecule has 1 aliphatic rings. The number of carbonyl (C=O) groups excluding carboxylic acids is 1. The van der Waals surface area contributed by atoms with Crippen LogP contribution in [0.1, 0.15) is 55.8 Å². The predicted octanol–water partition coefficient (Wildman–Crippen LogP) is 5.28. The zero-order valence-corrected chi connectivity index (χ0v) is 21.1. The molecule has 0 saturated heterocycles. The topological polar surface area (TPSA) is 79.4 Å². The summed E-state index contributed by atoms with van der Waals surface area (Å²) in [6.07, 6.45) is 6.35. The van der Waals surface area contributed by atoms with Crippen LogP contribution in [0.5, 0.6) is 5.75 Å². The first-order chi connectivity index (χ1) is 17.0. The van der Waals surface area contributed by atoms with E-state index in [9.17, 15) is 4.79 Å². The molecule has 4 rings (SSSR count). The number of amides is 1. The zero-order chi connectivity index (χ0) is 24.6. The first-order valence-electron chi connectivity index (χ1n) is 12.7. The van der Waals surface area contributed by atoms with Gasteiger partial charge in [-0.25, -0.2) is 4.98 Å². The van der Waals surface area contributed by atoms with E-state index < -0.39 is 0 Å². The van der Waals surface area contributed by atoms with E-state index in [1.54, 1.807) is 0 Å².